The number of aromatic nitrogens is 2. The molecule has 0 radical (unpaired) electrons. The minimum atomic E-state index is -1.22. The number of amides is 1. The molecule has 2 fully saturated rings. The number of ether oxygens (including phenoxy) is 2. The van der Waals surface area contributed by atoms with Crippen molar-refractivity contribution in [3.8, 4) is 5.75 Å². The quantitative estimate of drug-likeness (QED) is 0.277. The molecule has 198 valence electrons. The van der Waals surface area contributed by atoms with E-state index >= 15 is 0 Å². The molecule has 3 aromatic rings. The third kappa shape index (κ3) is 5.55. The first-order chi connectivity index (χ1) is 17.9. The highest BCUT2D eigenvalue weighted by molar-refractivity contribution is 5.79. The number of rotatable bonds is 9. The molecule has 11 heteroatoms. The Hall–Kier alpha value is -3.22. The van der Waals surface area contributed by atoms with Crippen molar-refractivity contribution in [2.24, 2.45) is 5.73 Å². The number of hydrogen-bond acceptors (Lipinski definition) is 9. The van der Waals surface area contributed by atoms with Gasteiger partial charge in [0.1, 0.15) is 30.2 Å². The number of nitrogens with one attached hydrogen (secondary N) is 1. The highest BCUT2D eigenvalue weighted by Gasteiger charge is 2.44. The predicted octanol–water partition coefficient (Wildman–Crippen LogP) is 0.588. The van der Waals surface area contributed by atoms with Gasteiger partial charge in [-0.25, -0.2) is 4.98 Å². The normalized spacial score (nSPS) is 24.9. The molecule has 0 spiro atoms. The molecule has 5 rings (SSSR count). The highest BCUT2D eigenvalue weighted by Crippen LogP contribution is 2.35. The van der Waals surface area contributed by atoms with Crippen molar-refractivity contribution in [3.05, 3.63) is 54.1 Å². The summed E-state index contributed by atoms with van der Waals surface area (Å²) in [4.78, 5) is 17.9. The first-order valence-corrected chi connectivity index (χ1v) is 12.5. The third-order valence-corrected chi connectivity index (χ3v) is 6.93. The fourth-order valence-electron chi connectivity index (χ4n) is 5.03. The zero-order valence-corrected chi connectivity index (χ0v) is 20.4. The molecule has 37 heavy (non-hydrogen) atoms. The van der Waals surface area contributed by atoms with Gasteiger partial charge in [-0.3, -0.25) is 14.3 Å². The van der Waals surface area contributed by atoms with E-state index in [1.54, 1.807) is 4.57 Å². The van der Waals surface area contributed by atoms with E-state index in [2.05, 4.69) is 10.3 Å². The Morgan fingerprint density at radius 1 is 1.14 bits per heavy atom. The van der Waals surface area contributed by atoms with Crippen molar-refractivity contribution < 1.29 is 29.6 Å². The fraction of sp³-hybridized carbons (Fsp3) is 0.462. The van der Waals surface area contributed by atoms with Crippen molar-refractivity contribution >= 4 is 22.9 Å². The summed E-state index contributed by atoms with van der Waals surface area (Å²) >= 11 is 0. The second-order valence-corrected chi connectivity index (χ2v) is 9.58. The van der Waals surface area contributed by atoms with E-state index in [1.165, 1.54) is 0 Å². The van der Waals surface area contributed by atoms with Crippen molar-refractivity contribution in [2.45, 2.75) is 50.0 Å². The summed E-state index contributed by atoms with van der Waals surface area (Å²) in [7, 11) is 0. The largest absolute Gasteiger partial charge is 0.490 e. The van der Waals surface area contributed by atoms with Crippen LogP contribution in [0.1, 0.15) is 24.6 Å². The average Bonchev–Trinajstić information content (AvgIpc) is 3.40. The van der Waals surface area contributed by atoms with Gasteiger partial charge < -0.3 is 35.8 Å². The molecule has 0 unspecified atom stereocenters. The van der Waals surface area contributed by atoms with E-state index in [-0.39, 0.29) is 18.6 Å². The van der Waals surface area contributed by atoms with Crippen molar-refractivity contribution in [3.63, 3.8) is 0 Å². The van der Waals surface area contributed by atoms with Gasteiger partial charge in [0.15, 0.2) is 6.23 Å². The Balaban J connectivity index is 1.28. The molecular weight excluding hydrogens is 478 g/mol. The number of carbonyl (C=O) groups excluding carboxylic acids is 1. The number of anilines is 1. The predicted molar refractivity (Wildman–Crippen MR) is 136 cm³/mol. The molecule has 3 heterocycles. The number of hydrogen-bond donors (Lipinski definition) is 5. The maximum absolute atomic E-state index is 11.1. The number of benzene rings is 2. The number of fused-ring (bicyclic) bond motifs is 1. The van der Waals surface area contributed by atoms with E-state index in [9.17, 15) is 20.1 Å². The molecule has 1 aromatic heterocycles. The molecule has 0 bridgehead atoms. The molecule has 2 aromatic carbocycles. The molecule has 1 amide bonds. The molecule has 6 N–H and O–H groups in total. The number of aliphatic hydroxyl groups is 3. The smallest absolute Gasteiger partial charge is 0.231 e. The SMILES string of the molecule is NC(=O)CN1CCC(Oc2cccc(CNc3nc4ccccc4n3[C@@H]3O[C@H](CO)[C@@H](O)[C@H]3O)c2)CC1. The van der Waals surface area contributed by atoms with Crippen LogP contribution in [0.25, 0.3) is 11.0 Å². The summed E-state index contributed by atoms with van der Waals surface area (Å²) in [5, 5.41) is 33.8. The van der Waals surface area contributed by atoms with Gasteiger partial charge in [-0.2, -0.15) is 0 Å². The van der Waals surface area contributed by atoms with Gasteiger partial charge in [0, 0.05) is 19.6 Å². The Labute approximate surface area is 214 Å². The standard InChI is InChI=1S/C26H33N5O6/c27-22(33)14-30-10-8-17(9-11-30)36-18-5-3-4-16(12-18)13-28-26-29-19-6-1-2-7-20(19)31(26)25-24(35)23(34)21(15-32)37-25/h1-7,12,17,21,23-25,32,34-35H,8-11,13-15H2,(H2,27,33)(H,28,29)/t21-,23-,24-,25-/m1/s1. The van der Waals surface area contributed by atoms with E-state index < -0.39 is 31.1 Å². The van der Waals surface area contributed by atoms with Crippen LogP contribution >= 0.6 is 0 Å². The zero-order chi connectivity index (χ0) is 25.9. The minimum Gasteiger partial charge on any atom is -0.490 e. The van der Waals surface area contributed by atoms with Crippen LogP contribution in [0.5, 0.6) is 5.75 Å². The lowest BCUT2D eigenvalue weighted by molar-refractivity contribution is -0.119. The average molecular weight is 512 g/mol. The molecule has 2 aliphatic rings. The first-order valence-electron chi connectivity index (χ1n) is 12.5. The fourth-order valence-corrected chi connectivity index (χ4v) is 5.03. The summed E-state index contributed by atoms with van der Waals surface area (Å²) in [6.07, 6.45) is -2.50. The molecular formula is C26H33N5O6. The first kappa shape index (κ1) is 25.4. The summed E-state index contributed by atoms with van der Waals surface area (Å²) in [6, 6.07) is 15.3. The summed E-state index contributed by atoms with van der Waals surface area (Å²) in [6.45, 7) is 1.85. The molecule has 4 atom stereocenters. The second-order valence-electron chi connectivity index (χ2n) is 9.58. The van der Waals surface area contributed by atoms with E-state index in [0.29, 0.717) is 18.0 Å². The van der Waals surface area contributed by atoms with E-state index in [1.807, 2.05) is 53.4 Å². The number of nitrogens with zero attached hydrogens (tertiary/aromatic N) is 3. The van der Waals surface area contributed by atoms with Crippen LogP contribution in [0.15, 0.2) is 48.5 Å². The molecule has 0 aliphatic carbocycles. The van der Waals surface area contributed by atoms with Gasteiger partial charge in [-0.05, 0) is 42.7 Å². The lowest BCUT2D eigenvalue weighted by Gasteiger charge is -2.31. The maximum atomic E-state index is 11.1. The number of likely N-dealkylation sites (tertiary alicyclic amines) is 1. The number of para-hydroxylation sites is 2. The molecule has 2 aliphatic heterocycles. The van der Waals surface area contributed by atoms with Crippen LogP contribution in [-0.4, -0.2) is 86.3 Å². The Bertz CT molecular complexity index is 1230. The molecule has 11 nitrogen and oxygen atoms in total. The number of aliphatic hydroxyl groups excluding tert-OH is 3. The monoisotopic (exact) mass is 511 g/mol. The Kier molecular flexibility index (Phi) is 7.58. The van der Waals surface area contributed by atoms with Crippen molar-refractivity contribution in [1.29, 1.82) is 0 Å². The second kappa shape index (κ2) is 11.0. The number of carbonyl (C=O) groups is 1. The van der Waals surface area contributed by atoms with Crippen LogP contribution in [0.2, 0.25) is 0 Å². The zero-order valence-electron chi connectivity index (χ0n) is 20.4. The van der Waals surface area contributed by atoms with Gasteiger partial charge in [0.25, 0.3) is 0 Å². The number of primary amides is 1. The topological polar surface area (TPSA) is 155 Å². The Morgan fingerprint density at radius 3 is 2.65 bits per heavy atom. The lowest BCUT2D eigenvalue weighted by atomic mass is 10.1. The highest BCUT2D eigenvalue weighted by atomic mass is 16.6. The van der Waals surface area contributed by atoms with Crippen LogP contribution in [0.3, 0.4) is 0 Å². The Morgan fingerprint density at radius 2 is 1.92 bits per heavy atom. The van der Waals surface area contributed by atoms with Crippen LogP contribution < -0.4 is 15.8 Å². The minimum absolute atomic E-state index is 0.0726. The van der Waals surface area contributed by atoms with Gasteiger partial charge in [-0.1, -0.05) is 24.3 Å². The number of piperidine rings is 1. The van der Waals surface area contributed by atoms with Crippen LogP contribution in [0, 0.1) is 0 Å². The number of imidazole rings is 1. The van der Waals surface area contributed by atoms with Gasteiger partial charge in [-0.15, -0.1) is 0 Å². The molecule has 2 saturated heterocycles. The van der Waals surface area contributed by atoms with Gasteiger partial charge >= 0.3 is 0 Å². The summed E-state index contributed by atoms with van der Waals surface area (Å²) in [5.74, 6) is 0.931. The molecule has 0 saturated carbocycles. The van der Waals surface area contributed by atoms with E-state index in [0.717, 1.165) is 42.8 Å². The maximum Gasteiger partial charge on any atom is 0.231 e. The van der Waals surface area contributed by atoms with Crippen molar-refractivity contribution in [2.75, 3.05) is 31.6 Å². The van der Waals surface area contributed by atoms with Crippen LogP contribution in [-0.2, 0) is 16.1 Å². The van der Waals surface area contributed by atoms with Gasteiger partial charge in [0.05, 0.1) is 24.2 Å². The van der Waals surface area contributed by atoms with E-state index in [4.69, 9.17) is 15.2 Å². The van der Waals surface area contributed by atoms with Crippen molar-refractivity contribution in [1.82, 2.24) is 14.5 Å². The summed E-state index contributed by atoms with van der Waals surface area (Å²) in [5.41, 5.74) is 7.72. The number of nitrogens with two attached hydrogens (primary N) is 1. The lowest BCUT2D eigenvalue weighted by Crippen LogP contribution is -2.42. The summed E-state index contributed by atoms with van der Waals surface area (Å²) < 4.78 is 13.7. The third-order valence-electron chi connectivity index (χ3n) is 6.93. The van der Waals surface area contributed by atoms with Crippen LogP contribution in [0.4, 0.5) is 5.95 Å². The van der Waals surface area contributed by atoms with Gasteiger partial charge in [0.2, 0.25) is 11.9 Å².